The Labute approximate surface area is 151 Å². The number of rotatable bonds is 6. The fraction of sp³-hybridized carbons (Fsp3) is 0.250. The average Bonchev–Trinajstić information content (AvgIpc) is 3.03. The Morgan fingerprint density at radius 1 is 1.19 bits per heavy atom. The fourth-order valence-electron chi connectivity index (χ4n) is 2.86. The van der Waals surface area contributed by atoms with Gasteiger partial charge >= 0.3 is 0 Å². The van der Waals surface area contributed by atoms with Gasteiger partial charge in [0.15, 0.2) is 5.78 Å². The van der Waals surface area contributed by atoms with Crippen molar-refractivity contribution in [2.75, 3.05) is 7.11 Å². The van der Waals surface area contributed by atoms with Gasteiger partial charge in [0, 0.05) is 5.56 Å². The Kier molecular flexibility index (Phi) is 5.02. The lowest BCUT2D eigenvalue weighted by Gasteiger charge is -2.15. The van der Waals surface area contributed by atoms with Crippen LogP contribution in [0.2, 0.25) is 0 Å². The Morgan fingerprint density at radius 3 is 2.69 bits per heavy atom. The molecule has 1 unspecified atom stereocenters. The van der Waals surface area contributed by atoms with E-state index >= 15 is 0 Å². The third-order valence-electron chi connectivity index (χ3n) is 4.38. The van der Waals surface area contributed by atoms with Crippen LogP contribution >= 0.6 is 0 Å². The molecule has 1 aromatic heterocycles. The lowest BCUT2D eigenvalue weighted by molar-refractivity contribution is -0.119. The minimum atomic E-state index is -0.355. The monoisotopic (exact) mass is 351 g/mol. The van der Waals surface area contributed by atoms with E-state index in [2.05, 4.69) is 10.3 Å². The topological polar surface area (TPSA) is 73.2 Å². The van der Waals surface area contributed by atoms with E-state index in [1.165, 1.54) is 0 Å². The molecule has 0 bridgehead atoms. The van der Waals surface area contributed by atoms with Crippen LogP contribution < -0.4 is 10.1 Å². The molecule has 6 heteroatoms. The van der Waals surface area contributed by atoms with Gasteiger partial charge in [-0.1, -0.05) is 18.2 Å². The number of ketones is 1. The number of para-hydroxylation sites is 2. The standard InChI is InChI=1S/C20H21N3O3/c1-13(14(2)24)23-18-10-5-4-9-17(18)22-19(23)12-21-20(25)15-7-6-8-16(11-15)26-3/h4-11,13H,12H2,1-3H3,(H,21,25). The number of Topliss-reactive ketones (excluding diaryl/α,β-unsaturated/α-hetero) is 1. The molecule has 0 aliphatic heterocycles. The van der Waals surface area contributed by atoms with Gasteiger partial charge in [-0.15, -0.1) is 0 Å². The zero-order chi connectivity index (χ0) is 18.7. The van der Waals surface area contributed by atoms with Crippen LogP contribution in [0.15, 0.2) is 48.5 Å². The number of carbonyl (C=O) groups is 2. The lowest BCUT2D eigenvalue weighted by Crippen LogP contribution is -2.26. The minimum absolute atomic E-state index is 0.0357. The Morgan fingerprint density at radius 2 is 1.96 bits per heavy atom. The molecule has 3 rings (SSSR count). The number of nitrogens with zero attached hydrogens (tertiary/aromatic N) is 2. The summed E-state index contributed by atoms with van der Waals surface area (Å²) in [7, 11) is 1.56. The molecular weight excluding hydrogens is 330 g/mol. The van der Waals surface area contributed by atoms with Gasteiger partial charge < -0.3 is 14.6 Å². The molecular formula is C20H21N3O3. The van der Waals surface area contributed by atoms with Crippen LogP contribution in [0.4, 0.5) is 0 Å². The van der Waals surface area contributed by atoms with Crippen LogP contribution in [0, 0.1) is 0 Å². The van der Waals surface area contributed by atoms with Crippen molar-refractivity contribution in [3.63, 3.8) is 0 Å². The zero-order valence-electron chi connectivity index (χ0n) is 15.0. The normalized spacial score (nSPS) is 12.0. The van der Waals surface area contributed by atoms with Crippen molar-refractivity contribution in [2.24, 2.45) is 0 Å². The molecule has 6 nitrogen and oxygen atoms in total. The summed E-state index contributed by atoms with van der Waals surface area (Å²) in [6.45, 7) is 3.62. The summed E-state index contributed by atoms with van der Waals surface area (Å²) in [5.41, 5.74) is 2.18. The number of aromatic nitrogens is 2. The fourth-order valence-corrected chi connectivity index (χ4v) is 2.86. The van der Waals surface area contributed by atoms with Crippen LogP contribution in [-0.4, -0.2) is 28.4 Å². The molecule has 0 spiro atoms. The Hall–Kier alpha value is -3.15. The van der Waals surface area contributed by atoms with Crippen molar-refractivity contribution in [3.05, 3.63) is 59.9 Å². The summed E-state index contributed by atoms with van der Waals surface area (Å²) in [4.78, 5) is 29.0. The Bertz CT molecular complexity index is 962. The predicted molar refractivity (Wildman–Crippen MR) is 99.3 cm³/mol. The summed E-state index contributed by atoms with van der Waals surface area (Å²) < 4.78 is 7.03. The number of carbonyl (C=O) groups excluding carboxylic acids is 2. The van der Waals surface area contributed by atoms with Gasteiger partial charge in [0.2, 0.25) is 0 Å². The van der Waals surface area contributed by atoms with Crippen molar-refractivity contribution in [2.45, 2.75) is 26.4 Å². The van der Waals surface area contributed by atoms with Crippen LogP contribution in [0.1, 0.15) is 36.1 Å². The van der Waals surface area contributed by atoms with Gasteiger partial charge in [0.05, 0.1) is 30.7 Å². The average molecular weight is 351 g/mol. The largest absolute Gasteiger partial charge is 0.497 e. The highest BCUT2D eigenvalue weighted by Crippen LogP contribution is 2.22. The van der Waals surface area contributed by atoms with Crippen molar-refractivity contribution < 1.29 is 14.3 Å². The van der Waals surface area contributed by atoms with E-state index in [-0.39, 0.29) is 24.3 Å². The highest BCUT2D eigenvalue weighted by Gasteiger charge is 2.19. The summed E-state index contributed by atoms with van der Waals surface area (Å²) in [6, 6.07) is 14.2. The molecule has 1 heterocycles. The number of hydrogen-bond acceptors (Lipinski definition) is 4. The summed E-state index contributed by atoms with van der Waals surface area (Å²) in [6.07, 6.45) is 0. The first-order valence-corrected chi connectivity index (χ1v) is 8.40. The molecule has 3 aromatic rings. The van der Waals surface area contributed by atoms with E-state index in [1.54, 1.807) is 38.3 Å². The van der Waals surface area contributed by atoms with E-state index in [1.807, 2.05) is 35.8 Å². The molecule has 0 radical (unpaired) electrons. The maximum absolute atomic E-state index is 12.4. The SMILES string of the molecule is COc1cccc(C(=O)NCc2nc3ccccc3n2C(C)C(C)=O)c1. The number of ether oxygens (including phenoxy) is 1. The van der Waals surface area contributed by atoms with E-state index < -0.39 is 0 Å². The predicted octanol–water partition coefficient (Wildman–Crippen LogP) is 3.12. The first-order chi connectivity index (χ1) is 12.5. The summed E-state index contributed by atoms with van der Waals surface area (Å²) in [5.74, 6) is 1.08. The van der Waals surface area contributed by atoms with Crippen LogP contribution in [0.25, 0.3) is 11.0 Å². The lowest BCUT2D eigenvalue weighted by atomic mass is 10.2. The van der Waals surface area contributed by atoms with Crippen LogP contribution in [-0.2, 0) is 11.3 Å². The minimum Gasteiger partial charge on any atom is -0.497 e. The van der Waals surface area contributed by atoms with Crippen molar-refractivity contribution in [3.8, 4) is 5.75 Å². The number of methoxy groups -OCH3 is 1. The van der Waals surface area contributed by atoms with E-state index in [9.17, 15) is 9.59 Å². The van der Waals surface area contributed by atoms with Crippen molar-refractivity contribution in [1.82, 2.24) is 14.9 Å². The number of amides is 1. The highest BCUT2D eigenvalue weighted by molar-refractivity contribution is 5.94. The second-order valence-corrected chi connectivity index (χ2v) is 6.09. The quantitative estimate of drug-likeness (QED) is 0.740. The van der Waals surface area contributed by atoms with Gasteiger partial charge in [-0.2, -0.15) is 0 Å². The molecule has 1 amide bonds. The zero-order valence-corrected chi connectivity index (χ0v) is 15.0. The number of nitrogens with one attached hydrogen (secondary N) is 1. The molecule has 0 saturated carbocycles. The third-order valence-corrected chi connectivity index (χ3v) is 4.38. The Balaban J connectivity index is 1.87. The molecule has 0 saturated heterocycles. The van der Waals surface area contributed by atoms with E-state index in [0.29, 0.717) is 17.1 Å². The molecule has 0 aliphatic rings. The van der Waals surface area contributed by atoms with E-state index in [4.69, 9.17) is 4.74 Å². The number of imidazole rings is 1. The molecule has 1 N–H and O–H groups in total. The number of hydrogen-bond donors (Lipinski definition) is 1. The van der Waals surface area contributed by atoms with E-state index in [0.717, 1.165) is 11.0 Å². The first-order valence-electron chi connectivity index (χ1n) is 8.40. The highest BCUT2D eigenvalue weighted by atomic mass is 16.5. The second-order valence-electron chi connectivity index (χ2n) is 6.09. The van der Waals surface area contributed by atoms with Crippen LogP contribution in [0.3, 0.4) is 0 Å². The van der Waals surface area contributed by atoms with Gasteiger partial charge in [0.25, 0.3) is 5.91 Å². The first kappa shape index (κ1) is 17.7. The smallest absolute Gasteiger partial charge is 0.251 e. The summed E-state index contributed by atoms with van der Waals surface area (Å²) in [5, 5.41) is 2.87. The van der Waals surface area contributed by atoms with Crippen molar-refractivity contribution >= 4 is 22.7 Å². The second kappa shape index (κ2) is 7.39. The van der Waals surface area contributed by atoms with Gasteiger partial charge in [-0.05, 0) is 44.2 Å². The third kappa shape index (κ3) is 3.44. The number of fused-ring (bicyclic) bond motifs is 1. The maximum Gasteiger partial charge on any atom is 0.251 e. The molecule has 1 atom stereocenters. The molecule has 0 fully saturated rings. The molecule has 26 heavy (non-hydrogen) atoms. The van der Waals surface area contributed by atoms with Crippen molar-refractivity contribution in [1.29, 1.82) is 0 Å². The van der Waals surface area contributed by atoms with Crippen LogP contribution in [0.5, 0.6) is 5.75 Å². The van der Waals surface area contributed by atoms with Gasteiger partial charge in [0.1, 0.15) is 11.6 Å². The molecule has 2 aromatic carbocycles. The summed E-state index contributed by atoms with van der Waals surface area (Å²) >= 11 is 0. The van der Waals surface area contributed by atoms with Gasteiger partial charge in [-0.25, -0.2) is 4.98 Å². The number of benzene rings is 2. The van der Waals surface area contributed by atoms with Gasteiger partial charge in [-0.3, -0.25) is 9.59 Å². The molecule has 134 valence electrons. The molecule has 0 aliphatic carbocycles. The maximum atomic E-state index is 12.4.